The monoisotopic (exact) mass is 343 g/mol. The molecule has 2 aromatic rings. The van der Waals surface area contributed by atoms with Crippen molar-refractivity contribution in [3.05, 3.63) is 51.3 Å². The summed E-state index contributed by atoms with van der Waals surface area (Å²) in [6, 6.07) is 12.0. The number of halogens is 2. The largest absolute Gasteiger partial charge is 0.452 e. The van der Waals surface area contributed by atoms with E-state index in [2.05, 4.69) is 44.1 Å². The summed E-state index contributed by atoms with van der Waals surface area (Å²) in [5.41, 5.74) is 1.06. The summed E-state index contributed by atoms with van der Waals surface area (Å²) in [4.78, 5) is 0. The van der Waals surface area contributed by atoms with Crippen LogP contribution in [-0.4, -0.2) is 0 Å². The first-order chi connectivity index (χ1) is 7.66. The summed E-state index contributed by atoms with van der Waals surface area (Å²) in [5, 5.41) is 3.38. The molecule has 0 aliphatic rings. The summed E-state index contributed by atoms with van der Waals surface area (Å²) in [6.45, 7) is 2.06. The van der Waals surface area contributed by atoms with Gasteiger partial charge in [0.25, 0.3) is 0 Å². The van der Waals surface area contributed by atoms with Crippen molar-refractivity contribution >= 4 is 37.5 Å². The van der Waals surface area contributed by atoms with Crippen LogP contribution >= 0.6 is 31.9 Å². The van der Waals surface area contributed by atoms with Gasteiger partial charge in [-0.3, -0.25) is 0 Å². The number of nitrogens with one attached hydrogen (secondary N) is 1. The molecular formula is C12H11Br2NO. The Kier molecular flexibility index (Phi) is 3.71. The van der Waals surface area contributed by atoms with Gasteiger partial charge in [0.15, 0.2) is 4.67 Å². The highest BCUT2D eigenvalue weighted by atomic mass is 79.9. The van der Waals surface area contributed by atoms with E-state index in [0.29, 0.717) is 0 Å². The van der Waals surface area contributed by atoms with Gasteiger partial charge in [0, 0.05) is 10.2 Å². The molecule has 0 saturated carbocycles. The zero-order valence-electron chi connectivity index (χ0n) is 8.71. The van der Waals surface area contributed by atoms with E-state index in [1.54, 1.807) is 0 Å². The molecule has 0 fully saturated rings. The van der Waals surface area contributed by atoms with Crippen LogP contribution in [0.5, 0.6) is 0 Å². The first kappa shape index (κ1) is 11.7. The Morgan fingerprint density at radius 1 is 1.12 bits per heavy atom. The van der Waals surface area contributed by atoms with Gasteiger partial charge in [-0.1, -0.05) is 12.1 Å². The predicted molar refractivity (Wildman–Crippen MR) is 72.6 cm³/mol. The molecule has 84 valence electrons. The Labute approximate surface area is 111 Å². The van der Waals surface area contributed by atoms with E-state index in [1.165, 1.54) is 0 Å². The van der Waals surface area contributed by atoms with Gasteiger partial charge in [-0.15, -0.1) is 0 Å². The average molecular weight is 345 g/mol. The molecule has 1 N–H and O–H groups in total. The quantitative estimate of drug-likeness (QED) is 0.849. The van der Waals surface area contributed by atoms with Gasteiger partial charge in [-0.05, 0) is 63.0 Å². The molecule has 1 heterocycles. The summed E-state index contributed by atoms with van der Waals surface area (Å²) in [5.74, 6) is 0.905. The molecule has 0 radical (unpaired) electrons. The molecule has 4 heteroatoms. The van der Waals surface area contributed by atoms with Crippen molar-refractivity contribution in [1.29, 1.82) is 0 Å². The van der Waals surface area contributed by atoms with Crippen molar-refractivity contribution in [3.63, 3.8) is 0 Å². The maximum absolute atomic E-state index is 5.50. The number of furan rings is 1. The maximum Gasteiger partial charge on any atom is 0.169 e. The molecule has 2 rings (SSSR count). The second-order valence-electron chi connectivity index (χ2n) is 3.49. The molecule has 16 heavy (non-hydrogen) atoms. The van der Waals surface area contributed by atoms with E-state index < -0.39 is 0 Å². The normalized spacial score (nSPS) is 12.4. The summed E-state index contributed by atoms with van der Waals surface area (Å²) < 4.78 is 7.30. The Balaban J connectivity index is 2.13. The van der Waals surface area contributed by atoms with Gasteiger partial charge in [0.1, 0.15) is 5.76 Å². The van der Waals surface area contributed by atoms with Gasteiger partial charge in [-0.25, -0.2) is 0 Å². The third-order valence-electron chi connectivity index (χ3n) is 2.27. The van der Waals surface area contributed by atoms with Gasteiger partial charge in [0.2, 0.25) is 0 Å². The lowest BCUT2D eigenvalue weighted by Crippen LogP contribution is -2.05. The van der Waals surface area contributed by atoms with Crippen LogP contribution in [0, 0.1) is 0 Å². The number of benzene rings is 1. The Morgan fingerprint density at radius 2 is 1.88 bits per heavy atom. The van der Waals surface area contributed by atoms with Crippen molar-refractivity contribution in [1.82, 2.24) is 0 Å². The fraction of sp³-hybridized carbons (Fsp3) is 0.167. The highest BCUT2D eigenvalue weighted by Crippen LogP contribution is 2.27. The summed E-state index contributed by atoms with van der Waals surface area (Å²) in [7, 11) is 0. The third kappa shape index (κ3) is 2.68. The number of anilines is 1. The van der Waals surface area contributed by atoms with Crippen LogP contribution in [0.25, 0.3) is 0 Å². The van der Waals surface area contributed by atoms with Crippen LogP contribution in [0.1, 0.15) is 18.7 Å². The molecule has 1 unspecified atom stereocenters. The van der Waals surface area contributed by atoms with E-state index in [-0.39, 0.29) is 6.04 Å². The van der Waals surface area contributed by atoms with Crippen LogP contribution in [0.15, 0.2) is 50.0 Å². The highest BCUT2D eigenvalue weighted by Gasteiger charge is 2.10. The predicted octanol–water partition coefficient (Wildman–Crippen LogP) is 4.98. The summed E-state index contributed by atoms with van der Waals surface area (Å²) in [6.07, 6.45) is 0. The molecule has 0 spiro atoms. The fourth-order valence-electron chi connectivity index (χ4n) is 1.44. The second kappa shape index (κ2) is 5.06. The van der Waals surface area contributed by atoms with Crippen molar-refractivity contribution in [2.45, 2.75) is 13.0 Å². The maximum atomic E-state index is 5.50. The highest BCUT2D eigenvalue weighted by molar-refractivity contribution is 9.10. The van der Waals surface area contributed by atoms with Crippen LogP contribution in [0.3, 0.4) is 0 Å². The van der Waals surface area contributed by atoms with Gasteiger partial charge < -0.3 is 9.73 Å². The van der Waals surface area contributed by atoms with E-state index in [0.717, 1.165) is 20.6 Å². The van der Waals surface area contributed by atoms with Crippen LogP contribution < -0.4 is 5.32 Å². The van der Waals surface area contributed by atoms with Crippen molar-refractivity contribution < 1.29 is 4.42 Å². The molecule has 0 aliphatic heterocycles. The summed E-state index contributed by atoms with van der Waals surface area (Å²) >= 11 is 6.80. The van der Waals surface area contributed by atoms with E-state index in [9.17, 15) is 0 Å². The SMILES string of the molecule is CC(Nc1ccccc1Br)c1ccc(Br)o1. The fourth-order valence-corrected chi connectivity index (χ4v) is 2.16. The molecule has 0 saturated heterocycles. The minimum absolute atomic E-state index is 0.130. The standard InChI is InChI=1S/C12H11Br2NO/c1-8(11-6-7-12(14)16-11)15-10-5-3-2-4-9(10)13/h2-8,15H,1H3. The second-order valence-corrected chi connectivity index (χ2v) is 5.12. The number of rotatable bonds is 3. The topological polar surface area (TPSA) is 25.2 Å². The molecule has 0 aliphatic carbocycles. The van der Waals surface area contributed by atoms with Crippen LogP contribution in [0.2, 0.25) is 0 Å². The smallest absolute Gasteiger partial charge is 0.169 e. The molecule has 1 aromatic heterocycles. The van der Waals surface area contributed by atoms with Crippen molar-refractivity contribution in [2.75, 3.05) is 5.32 Å². The van der Waals surface area contributed by atoms with E-state index >= 15 is 0 Å². The van der Waals surface area contributed by atoms with Crippen molar-refractivity contribution in [2.24, 2.45) is 0 Å². The molecule has 0 bridgehead atoms. The zero-order chi connectivity index (χ0) is 11.5. The van der Waals surface area contributed by atoms with Gasteiger partial charge in [0.05, 0.1) is 6.04 Å². The molecule has 0 amide bonds. The zero-order valence-corrected chi connectivity index (χ0v) is 11.9. The Hall–Kier alpha value is -0.740. The third-order valence-corrected chi connectivity index (χ3v) is 3.38. The number of hydrogen-bond donors (Lipinski definition) is 1. The Morgan fingerprint density at radius 3 is 2.50 bits per heavy atom. The minimum Gasteiger partial charge on any atom is -0.452 e. The molecular weight excluding hydrogens is 334 g/mol. The first-order valence-corrected chi connectivity index (χ1v) is 6.51. The number of hydrogen-bond acceptors (Lipinski definition) is 2. The lowest BCUT2D eigenvalue weighted by atomic mass is 10.2. The van der Waals surface area contributed by atoms with Crippen LogP contribution in [-0.2, 0) is 0 Å². The first-order valence-electron chi connectivity index (χ1n) is 4.93. The lowest BCUT2D eigenvalue weighted by Gasteiger charge is -2.14. The number of para-hydroxylation sites is 1. The Bertz CT molecular complexity index is 481. The van der Waals surface area contributed by atoms with Crippen molar-refractivity contribution in [3.8, 4) is 0 Å². The van der Waals surface area contributed by atoms with E-state index in [1.807, 2.05) is 36.4 Å². The lowest BCUT2D eigenvalue weighted by molar-refractivity contribution is 0.471. The minimum atomic E-state index is 0.130. The molecule has 1 aromatic carbocycles. The van der Waals surface area contributed by atoms with Gasteiger partial charge in [-0.2, -0.15) is 0 Å². The van der Waals surface area contributed by atoms with Gasteiger partial charge >= 0.3 is 0 Å². The molecule has 1 atom stereocenters. The average Bonchev–Trinajstić information content (AvgIpc) is 2.68. The molecule has 2 nitrogen and oxygen atoms in total. The van der Waals surface area contributed by atoms with Crippen LogP contribution in [0.4, 0.5) is 5.69 Å². The van der Waals surface area contributed by atoms with E-state index in [4.69, 9.17) is 4.42 Å².